The Morgan fingerprint density at radius 2 is 2.33 bits per heavy atom. The summed E-state index contributed by atoms with van der Waals surface area (Å²) < 4.78 is 7.29. The summed E-state index contributed by atoms with van der Waals surface area (Å²) in [4.78, 5) is 12.2. The van der Waals surface area contributed by atoms with E-state index in [0.717, 1.165) is 25.1 Å². The largest absolute Gasteiger partial charge is 0.376 e. The number of aromatic nitrogens is 1. The van der Waals surface area contributed by atoms with Gasteiger partial charge in [0.25, 0.3) is 5.56 Å². The number of nitriles is 1. The van der Waals surface area contributed by atoms with Crippen molar-refractivity contribution in [2.45, 2.75) is 45.3 Å². The fraction of sp³-hybridized carbons (Fsp3) is 0.571. The van der Waals surface area contributed by atoms with E-state index >= 15 is 0 Å². The van der Waals surface area contributed by atoms with Crippen molar-refractivity contribution >= 4 is 0 Å². The average molecular weight is 246 g/mol. The van der Waals surface area contributed by atoms with Crippen molar-refractivity contribution in [3.05, 3.63) is 33.7 Å². The van der Waals surface area contributed by atoms with Gasteiger partial charge in [-0.05, 0) is 30.9 Å². The monoisotopic (exact) mass is 246 g/mol. The zero-order valence-corrected chi connectivity index (χ0v) is 10.8. The van der Waals surface area contributed by atoms with E-state index in [1.807, 2.05) is 26.0 Å². The summed E-state index contributed by atoms with van der Waals surface area (Å²) >= 11 is 0. The Labute approximate surface area is 107 Å². The van der Waals surface area contributed by atoms with Crippen LogP contribution in [-0.4, -0.2) is 17.3 Å². The summed E-state index contributed by atoms with van der Waals surface area (Å²) in [5.41, 5.74) is 0.978. The van der Waals surface area contributed by atoms with Crippen LogP contribution in [-0.2, 0) is 11.3 Å². The molecule has 0 amide bonds. The maximum absolute atomic E-state index is 12.2. The minimum Gasteiger partial charge on any atom is -0.376 e. The number of nitrogens with zero attached hydrogens (tertiary/aromatic N) is 2. The lowest BCUT2D eigenvalue weighted by atomic mass is 10.1. The summed E-state index contributed by atoms with van der Waals surface area (Å²) in [7, 11) is 0. The molecule has 1 fully saturated rings. The highest BCUT2D eigenvalue weighted by Gasteiger charge is 2.19. The summed E-state index contributed by atoms with van der Waals surface area (Å²) in [6.45, 7) is 5.43. The standard InChI is InChI=1S/C14H18N2O2/c1-10(2)13-6-5-11(8-15)14(17)16(13)9-12-4-3-7-18-12/h5-6,10,12H,3-4,7,9H2,1-2H3. The van der Waals surface area contributed by atoms with Gasteiger partial charge in [0.05, 0.1) is 12.6 Å². The van der Waals surface area contributed by atoms with Crippen LogP contribution in [0.25, 0.3) is 0 Å². The van der Waals surface area contributed by atoms with E-state index in [-0.39, 0.29) is 23.1 Å². The Hall–Kier alpha value is -1.60. The van der Waals surface area contributed by atoms with Crippen molar-refractivity contribution in [1.82, 2.24) is 4.57 Å². The first-order valence-corrected chi connectivity index (χ1v) is 6.39. The summed E-state index contributed by atoms with van der Waals surface area (Å²) in [5.74, 6) is 0.256. The van der Waals surface area contributed by atoms with E-state index in [1.54, 1.807) is 10.6 Å². The van der Waals surface area contributed by atoms with Crippen molar-refractivity contribution in [2.24, 2.45) is 0 Å². The van der Waals surface area contributed by atoms with Crippen LogP contribution in [0, 0.1) is 11.3 Å². The van der Waals surface area contributed by atoms with Crippen LogP contribution in [0.3, 0.4) is 0 Å². The third kappa shape index (κ3) is 2.46. The van der Waals surface area contributed by atoms with Crippen LogP contribution in [0.2, 0.25) is 0 Å². The van der Waals surface area contributed by atoms with E-state index in [1.165, 1.54) is 0 Å². The van der Waals surface area contributed by atoms with E-state index < -0.39 is 0 Å². The Kier molecular flexibility index (Phi) is 3.83. The fourth-order valence-corrected chi connectivity index (χ4v) is 2.36. The molecule has 0 aliphatic carbocycles. The van der Waals surface area contributed by atoms with Gasteiger partial charge in [0, 0.05) is 12.3 Å². The second kappa shape index (κ2) is 5.36. The van der Waals surface area contributed by atoms with Crippen molar-refractivity contribution in [3.8, 4) is 6.07 Å². The van der Waals surface area contributed by atoms with Gasteiger partial charge in [-0.25, -0.2) is 0 Å². The molecule has 1 aromatic heterocycles. The number of pyridine rings is 1. The van der Waals surface area contributed by atoms with Gasteiger partial charge in [-0.15, -0.1) is 0 Å². The summed E-state index contributed by atoms with van der Waals surface area (Å²) in [6, 6.07) is 5.44. The van der Waals surface area contributed by atoms with Gasteiger partial charge >= 0.3 is 0 Å². The Morgan fingerprint density at radius 1 is 1.56 bits per heavy atom. The van der Waals surface area contributed by atoms with E-state index in [2.05, 4.69) is 0 Å². The highest BCUT2D eigenvalue weighted by atomic mass is 16.5. The molecule has 4 heteroatoms. The van der Waals surface area contributed by atoms with Crippen molar-refractivity contribution in [2.75, 3.05) is 6.61 Å². The average Bonchev–Trinajstić information content (AvgIpc) is 2.84. The lowest BCUT2D eigenvalue weighted by Crippen LogP contribution is -2.30. The summed E-state index contributed by atoms with van der Waals surface area (Å²) in [5, 5.41) is 8.94. The highest BCUT2D eigenvalue weighted by molar-refractivity contribution is 5.28. The predicted molar refractivity (Wildman–Crippen MR) is 68.5 cm³/mol. The molecule has 0 saturated carbocycles. The Balaban J connectivity index is 2.40. The molecule has 2 rings (SSSR count). The fourth-order valence-electron chi connectivity index (χ4n) is 2.36. The summed E-state index contributed by atoms with van der Waals surface area (Å²) in [6.07, 6.45) is 2.14. The minimum atomic E-state index is -0.195. The van der Waals surface area contributed by atoms with E-state index in [0.29, 0.717) is 6.54 Å². The number of rotatable bonds is 3. The second-order valence-electron chi connectivity index (χ2n) is 4.99. The normalized spacial score (nSPS) is 19.1. The number of ether oxygens (including phenoxy) is 1. The molecule has 1 aliphatic heterocycles. The lowest BCUT2D eigenvalue weighted by molar-refractivity contribution is 0.0952. The van der Waals surface area contributed by atoms with Crippen LogP contribution in [0.4, 0.5) is 0 Å². The van der Waals surface area contributed by atoms with Gasteiger partial charge in [0.15, 0.2) is 0 Å². The van der Waals surface area contributed by atoms with Gasteiger partial charge in [0.1, 0.15) is 11.6 Å². The Bertz CT molecular complexity index is 520. The topological polar surface area (TPSA) is 55.0 Å². The molecule has 1 aliphatic rings. The van der Waals surface area contributed by atoms with Gasteiger partial charge < -0.3 is 9.30 Å². The molecule has 1 atom stereocenters. The first kappa shape index (κ1) is 12.8. The molecule has 96 valence electrons. The van der Waals surface area contributed by atoms with Crippen LogP contribution < -0.4 is 5.56 Å². The second-order valence-corrected chi connectivity index (χ2v) is 4.99. The molecule has 2 heterocycles. The maximum Gasteiger partial charge on any atom is 0.268 e. The zero-order valence-electron chi connectivity index (χ0n) is 10.8. The lowest BCUT2D eigenvalue weighted by Gasteiger charge is -2.18. The predicted octanol–water partition coefficient (Wildman–Crippen LogP) is 2.02. The van der Waals surface area contributed by atoms with E-state index in [4.69, 9.17) is 10.00 Å². The molecule has 0 spiro atoms. The highest BCUT2D eigenvalue weighted by Crippen LogP contribution is 2.18. The van der Waals surface area contributed by atoms with Gasteiger partial charge in [-0.1, -0.05) is 13.8 Å². The van der Waals surface area contributed by atoms with Gasteiger partial charge in [-0.2, -0.15) is 5.26 Å². The first-order chi connectivity index (χ1) is 8.63. The quantitative estimate of drug-likeness (QED) is 0.820. The van der Waals surface area contributed by atoms with Crippen LogP contribution in [0.1, 0.15) is 43.9 Å². The molecular formula is C14H18N2O2. The molecule has 0 bridgehead atoms. The maximum atomic E-state index is 12.2. The molecule has 18 heavy (non-hydrogen) atoms. The van der Waals surface area contributed by atoms with Crippen LogP contribution in [0.5, 0.6) is 0 Å². The SMILES string of the molecule is CC(C)c1ccc(C#N)c(=O)n1CC1CCCO1. The Morgan fingerprint density at radius 3 is 2.89 bits per heavy atom. The third-order valence-corrected chi connectivity index (χ3v) is 3.33. The number of hydrogen-bond donors (Lipinski definition) is 0. The van der Waals surface area contributed by atoms with Crippen LogP contribution in [0.15, 0.2) is 16.9 Å². The van der Waals surface area contributed by atoms with Crippen molar-refractivity contribution in [3.63, 3.8) is 0 Å². The molecule has 0 N–H and O–H groups in total. The molecular weight excluding hydrogens is 228 g/mol. The smallest absolute Gasteiger partial charge is 0.268 e. The van der Waals surface area contributed by atoms with Crippen molar-refractivity contribution < 1.29 is 4.74 Å². The molecule has 0 aromatic carbocycles. The molecule has 1 aromatic rings. The van der Waals surface area contributed by atoms with E-state index in [9.17, 15) is 4.79 Å². The van der Waals surface area contributed by atoms with Gasteiger partial charge in [-0.3, -0.25) is 4.79 Å². The van der Waals surface area contributed by atoms with Crippen LogP contribution >= 0.6 is 0 Å². The first-order valence-electron chi connectivity index (χ1n) is 6.39. The third-order valence-electron chi connectivity index (χ3n) is 3.33. The molecule has 0 radical (unpaired) electrons. The molecule has 1 unspecified atom stereocenters. The molecule has 1 saturated heterocycles. The van der Waals surface area contributed by atoms with Crippen molar-refractivity contribution in [1.29, 1.82) is 5.26 Å². The number of hydrogen-bond acceptors (Lipinski definition) is 3. The minimum absolute atomic E-state index is 0.106. The zero-order chi connectivity index (χ0) is 13.1. The van der Waals surface area contributed by atoms with Gasteiger partial charge in [0.2, 0.25) is 0 Å². The molecule has 4 nitrogen and oxygen atoms in total.